The summed E-state index contributed by atoms with van der Waals surface area (Å²) in [5, 5.41) is 12.7. The van der Waals surface area contributed by atoms with Crippen molar-refractivity contribution >= 4 is 5.91 Å². The Hall–Kier alpha value is -1.59. The lowest BCUT2D eigenvalue weighted by Gasteiger charge is -2.20. The smallest absolute Gasteiger partial charge is 0.223 e. The first-order valence-electron chi connectivity index (χ1n) is 6.43. The monoisotopic (exact) mass is 265 g/mol. The second kappa shape index (κ2) is 6.54. The standard InChI is InChI=1S/C14H19NO4/c16-13(15-10-14(17)7-9-18-11-14)6-8-19-12-4-2-1-3-5-12/h1-5,17H,6-11H2,(H,15,16). The Labute approximate surface area is 112 Å². The van der Waals surface area contributed by atoms with Crippen LogP contribution in [0.1, 0.15) is 12.8 Å². The average molecular weight is 265 g/mol. The van der Waals surface area contributed by atoms with E-state index in [1.807, 2.05) is 30.3 Å². The van der Waals surface area contributed by atoms with E-state index in [-0.39, 0.29) is 25.5 Å². The molecule has 0 spiro atoms. The molecule has 5 heteroatoms. The molecule has 19 heavy (non-hydrogen) atoms. The zero-order chi connectivity index (χ0) is 13.6. The first-order chi connectivity index (χ1) is 9.18. The highest BCUT2D eigenvalue weighted by molar-refractivity contribution is 5.76. The van der Waals surface area contributed by atoms with Gasteiger partial charge in [0.1, 0.15) is 11.4 Å². The molecule has 1 aromatic rings. The number of hydrogen-bond donors (Lipinski definition) is 2. The molecule has 0 aliphatic carbocycles. The van der Waals surface area contributed by atoms with Crippen molar-refractivity contribution in [1.29, 1.82) is 0 Å². The van der Waals surface area contributed by atoms with Gasteiger partial charge in [0, 0.05) is 19.6 Å². The maximum Gasteiger partial charge on any atom is 0.223 e. The summed E-state index contributed by atoms with van der Waals surface area (Å²) in [7, 11) is 0. The van der Waals surface area contributed by atoms with Crippen LogP contribution in [0.2, 0.25) is 0 Å². The van der Waals surface area contributed by atoms with Gasteiger partial charge in [-0.1, -0.05) is 18.2 Å². The van der Waals surface area contributed by atoms with Crippen LogP contribution in [0.4, 0.5) is 0 Å². The molecule has 0 radical (unpaired) electrons. The summed E-state index contributed by atoms with van der Waals surface area (Å²) in [5.74, 6) is 0.620. The fourth-order valence-electron chi connectivity index (χ4n) is 1.87. The summed E-state index contributed by atoms with van der Waals surface area (Å²) in [6.07, 6.45) is 0.833. The molecule has 1 fully saturated rings. The summed E-state index contributed by atoms with van der Waals surface area (Å²) in [6.45, 7) is 1.39. The fourth-order valence-corrected chi connectivity index (χ4v) is 1.87. The molecule has 1 aliphatic rings. The Morgan fingerprint density at radius 3 is 2.89 bits per heavy atom. The minimum absolute atomic E-state index is 0.128. The Kier molecular flexibility index (Phi) is 4.76. The molecule has 0 bridgehead atoms. The maximum absolute atomic E-state index is 11.6. The maximum atomic E-state index is 11.6. The molecule has 2 N–H and O–H groups in total. The van der Waals surface area contributed by atoms with Crippen molar-refractivity contribution in [3.05, 3.63) is 30.3 Å². The molecule has 2 rings (SSSR count). The Morgan fingerprint density at radius 2 is 2.21 bits per heavy atom. The van der Waals surface area contributed by atoms with Crippen LogP contribution >= 0.6 is 0 Å². The molecule has 1 heterocycles. The van der Waals surface area contributed by atoms with E-state index in [0.717, 1.165) is 5.75 Å². The van der Waals surface area contributed by atoms with E-state index in [1.165, 1.54) is 0 Å². The van der Waals surface area contributed by atoms with Crippen molar-refractivity contribution < 1.29 is 19.4 Å². The van der Waals surface area contributed by atoms with Crippen molar-refractivity contribution in [2.45, 2.75) is 18.4 Å². The van der Waals surface area contributed by atoms with Crippen molar-refractivity contribution in [3.8, 4) is 5.75 Å². The van der Waals surface area contributed by atoms with Crippen molar-refractivity contribution in [2.24, 2.45) is 0 Å². The van der Waals surface area contributed by atoms with Crippen LogP contribution < -0.4 is 10.1 Å². The Bertz CT molecular complexity index is 401. The van der Waals surface area contributed by atoms with Crippen LogP contribution in [0.3, 0.4) is 0 Å². The van der Waals surface area contributed by atoms with E-state index in [1.54, 1.807) is 0 Å². The molecule has 1 saturated heterocycles. The molecule has 1 atom stereocenters. The summed E-state index contributed by atoms with van der Waals surface area (Å²) >= 11 is 0. The molecule has 1 aromatic carbocycles. The van der Waals surface area contributed by atoms with Crippen LogP contribution in [-0.2, 0) is 9.53 Å². The number of aliphatic hydroxyl groups is 1. The third-order valence-corrected chi connectivity index (χ3v) is 3.04. The van der Waals surface area contributed by atoms with E-state index in [0.29, 0.717) is 19.6 Å². The highest BCUT2D eigenvalue weighted by Crippen LogP contribution is 2.16. The molecule has 104 valence electrons. The number of carbonyl (C=O) groups excluding carboxylic acids is 1. The number of nitrogens with one attached hydrogen (secondary N) is 1. The number of hydrogen-bond acceptors (Lipinski definition) is 4. The van der Waals surface area contributed by atoms with Crippen LogP contribution in [0.15, 0.2) is 30.3 Å². The van der Waals surface area contributed by atoms with Crippen LogP contribution in [0.25, 0.3) is 0 Å². The van der Waals surface area contributed by atoms with Crippen LogP contribution in [0.5, 0.6) is 5.75 Å². The van der Waals surface area contributed by atoms with Crippen molar-refractivity contribution in [2.75, 3.05) is 26.4 Å². The summed E-state index contributed by atoms with van der Waals surface area (Å²) in [4.78, 5) is 11.6. The first-order valence-corrected chi connectivity index (χ1v) is 6.43. The molecule has 0 aromatic heterocycles. The molecule has 1 unspecified atom stereocenters. The lowest BCUT2D eigenvalue weighted by molar-refractivity contribution is -0.122. The number of para-hydroxylation sites is 1. The first kappa shape index (κ1) is 13.8. The molecule has 0 saturated carbocycles. The molecule has 5 nitrogen and oxygen atoms in total. The highest BCUT2D eigenvalue weighted by Gasteiger charge is 2.32. The van der Waals surface area contributed by atoms with Gasteiger partial charge >= 0.3 is 0 Å². The van der Waals surface area contributed by atoms with Gasteiger partial charge in [-0.15, -0.1) is 0 Å². The van der Waals surface area contributed by atoms with Gasteiger partial charge < -0.3 is 19.9 Å². The zero-order valence-corrected chi connectivity index (χ0v) is 10.8. The third-order valence-electron chi connectivity index (χ3n) is 3.04. The molecule has 1 aliphatic heterocycles. The number of carbonyl (C=O) groups is 1. The summed E-state index contributed by atoms with van der Waals surface area (Å²) in [6, 6.07) is 9.35. The number of rotatable bonds is 6. The van der Waals surface area contributed by atoms with Gasteiger partial charge in [-0.25, -0.2) is 0 Å². The van der Waals surface area contributed by atoms with Crippen LogP contribution in [-0.4, -0.2) is 43.0 Å². The van der Waals surface area contributed by atoms with E-state index >= 15 is 0 Å². The lowest BCUT2D eigenvalue weighted by atomic mass is 10.0. The number of amides is 1. The quantitative estimate of drug-likeness (QED) is 0.795. The Morgan fingerprint density at radius 1 is 1.42 bits per heavy atom. The average Bonchev–Trinajstić information content (AvgIpc) is 2.85. The predicted molar refractivity (Wildman–Crippen MR) is 69.9 cm³/mol. The normalized spacial score (nSPS) is 22.2. The SMILES string of the molecule is O=C(CCOc1ccccc1)NCC1(O)CCOC1. The number of ether oxygens (including phenoxy) is 2. The van der Waals surface area contributed by atoms with E-state index in [9.17, 15) is 9.90 Å². The summed E-state index contributed by atoms with van der Waals surface area (Å²) in [5.41, 5.74) is -0.907. The fraction of sp³-hybridized carbons (Fsp3) is 0.500. The van der Waals surface area contributed by atoms with Gasteiger partial charge in [0.25, 0.3) is 0 Å². The molecular formula is C14H19NO4. The second-order valence-corrected chi connectivity index (χ2v) is 4.72. The van der Waals surface area contributed by atoms with E-state index in [2.05, 4.69) is 5.32 Å². The minimum atomic E-state index is -0.907. The zero-order valence-electron chi connectivity index (χ0n) is 10.8. The Balaban J connectivity index is 1.62. The van der Waals surface area contributed by atoms with Gasteiger partial charge in [0.05, 0.1) is 19.6 Å². The minimum Gasteiger partial charge on any atom is -0.493 e. The van der Waals surface area contributed by atoms with Crippen molar-refractivity contribution in [3.63, 3.8) is 0 Å². The van der Waals surface area contributed by atoms with Gasteiger partial charge in [-0.3, -0.25) is 4.79 Å². The van der Waals surface area contributed by atoms with Gasteiger partial charge in [0.2, 0.25) is 5.91 Å². The highest BCUT2D eigenvalue weighted by atomic mass is 16.5. The van der Waals surface area contributed by atoms with Gasteiger partial charge in [-0.2, -0.15) is 0 Å². The van der Waals surface area contributed by atoms with Gasteiger partial charge in [-0.05, 0) is 12.1 Å². The molecule has 1 amide bonds. The van der Waals surface area contributed by atoms with Crippen LogP contribution in [0, 0.1) is 0 Å². The third kappa shape index (κ3) is 4.54. The van der Waals surface area contributed by atoms with E-state index in [4.69, 9.17) is 9.47 Å². The van der Waals surface area contributed by atoms with Crippen molar-refractivity contribution in [1.82, 2.24) is 5.32 Å². The largest absolute Gasteiger partial charge is 0.493 e. The number of benzene rings is 1. The topological polar surface area (TPSA) is 67.8 Å². The predicted octanol–water partition coefficient (Wildman–Crippen LogP) is 0.723. The lowest BCUT2D eigenvalue weighted by Crippen LogP contribution is -2.43. The van der Waals surface area contributed by atoms with E-state index < -0.39 is 5.60 Å². The molecular weight excluding hydrogens is 246 g/mol. The van der Waals surface area contributed by atoms with Gasteiger partial charge in [0.15, 0.2) is 0 Å². The second-order valence-electron chi connectivity index (χ2n) is 4.72. The summed E-state index contributed by atoms with van der Waals surface area (Å²) < 4.78 is 10.5.